The summed E-state index contributed by atoms with van der Waals surface area (Å²) in [6.45, 7) is 4.09. The van der Waals surface area contributed by atoms with Gasteiger partial charge >= 0.3 is 5.97 Å². The van der Waals surface area contributed by atoms with Crippen molar-refractivity contribution in [2.24, 2.45) is 0 Å². The first-order valence-electron chi connectivity index (χ1n) is 7.64. The van der Waals surface area contributed by atoms with Gasteiger partial charge in [0.25, 0.3) is 0 Å². The van der Waals surface area contributed by atoms with Crippen LogP contribution in [-0.4, -0.2) is 18.4 Å². The third-order valence-corrected chi connectivity index (χ3v) is 3.50. The molecular weight excluding hydrogens is 288 g/mol. The quantitative estimate of drug-likeness (QED) is 0.591. The van der Waals surface area contributed by atoms with Crippen molar-refractivity contribution in [2.45, 2.75) is 20.3 Å². The normalized spacial score (nSPS) is 11.1. The Kier molecular flexibility index (Phi) is 5.87. The summed E-state index contributed by atoms with van der Waals surface area (Å²) in [7, 11) is 0. The zero-order chi connectivity index (χ0) is 16.7. The van der Waals surface area contributed by atoms with Gasteiger partial charge in [-0.1, -0.05) is 54.6 Å². The smallest absolute Gasteiger partial charge is 0.309 e. The predicted molar refractivity (Wildman–Crippen MR) is 91.2 cm³/mol. The first kappa shape index (κ1) is 16.7. The van der Waals surface area contributed by atoms with Crippen molar-refractivity contribution in [3.8, 4) is 0 Å². The average molecular weight is 308 g/mol. The Bertz CT molecular complexity index is 715. The summed E-state index contributed by atoms with van der Waals surface area (Å²) in [5.41, 5.74) is 3.17. The molecular formula is C20H20O3. The van der Waals surface area contributed by atoms with E-state index in [9.17, 15) is 9.59 Å². The topological polar surface area (TPSA) is 43.4 Å². The van der Waals surface area contributed by atoms with Crippen molar-refractivity contribution in [1.29, 1.82) is 0 Å². The second-order valence-corrected chi connectivity index (χ2v) is 5.17. The molecule has 0 bridgehead atoms. The number of ether oxygens (including phenoxy) is 1. The Balaban J connectivity index is 2.18. The second-order valence-electron chi connectivity index (χ2n) is 5.17. The molecule has 3 nitrogen and oxygen atoms in total. The number of carbonyl (C=O) groups excluding carboxylic acids is 2. The molecule has 2 aromatic carbocycles. The molecule has 0 radical (unpaired) electrons. The minimum Gasteiger partial charge on any atom is -0.466 e. The van der Waals surface area contributed by atoms with Crippen molar-refractivity contribution in [3.63, 3.8) is 0 Å². The van der Waals surface area contributed by atoms with E-state index in [2.05, 4.69) is 0 Å². The van der Waals surface area contributed by atoms with Crippen molar-refractivity contribution >= 4 is 17.3 Å². The summed E-state index contributed by atoms with van der Waals surface area (Å²) in [5.74, 6) is -0.256. The number of allylic oxidation sites excluding steroid dienone is 1. The minimum absolute atomic E-state index is 0.00866. The van der Waals surface area contributed by atoms with Gasteiger partial charge < -0.3 is 4.74 Å². The molecule has 0 atom stereocenters. The highest BCUT2D eigenvalue weighted by molar-refractivity contribution is 6.09. The van der Waals surface area contributed by atoms with Crippen molar-refractivity contribution in [3.05, 3.63) is 77.4 Å². The summed E-state index contributed by atoms with van der Waals surface area (Å²) >= 11 is 0. The average Bonchev–Trinajstić information content (AvgIpc) is 2.60. The maximum absolute atomic E-state index is 12.5. The van der Waals surface area contributed by atoms with E-state index in [1.165, 1.54) is 0 Å². The Morgan fingerprint density at radius 3 is 2.30 bits per heavy atom. The molecule has 0 N–H and O–H groups in total. The van der Waals surface area contributed by atoms with E-state index in [4.69, 9.17) is 4.74 Å². The zero-order valence-corrected chi connectivity index (χ0v) is 13.4. The predicted octanol–water partition coefficient (Wildman–Crippen LogP) is 4.27. The van der Waals surface area contributed by atoms with Crippen LogP contribution < -0.4 is 0 Å². The van der Waals surface area contributed by atoms with Gasteiger partial charge in [-0.3, -0.25) is 9.59 Å². The number of carbonyl (C=O) groups is 2. The van der Waals surface area contributed by atoms with Crippen molar-refractivity contribution in [1.82, 2.24) is 0 Å². The molecule has 118 valence electrons. The third-order valence-electron chi connectivity index (χ3n) is 3.50. The Morgan fingerprint density at radius 2 is 1.61 bits per heavy atom. The SMILES string of the molecule is CCOC(=O)C/C=C(\C)c1cccc(C(=O)c2ccccc2)c1. The lowest BCUT2D eigenvalue weighted by atomic mass is 9.98. The van der Waals surface area contributed by atoms with Crippen LogP contribution in [0.3, 0.4) is 0 Å². The van der Waals surface area contributed by atoms with E-state index in [0.717, 1.165) is 11.1 Å². The van der Waals surface area contributed by atoms with Crippen molar-refractivity contribution in [2.75, 3.05) is 6.61 Å². The lowest BCUT2D eigenvalue weighted by Gasteiger charge is -2.06. The van der Waals surface area contributed by atoms with Crippen LogP contribution in [0.15, 0.2) is 60.7 Å². The van der Waals surface area contributed by atoms with Gasteiger partial charge in [0, 0.05) is 11.1 Å². The maximum Gasteiger partial charge on any atom is 0.309 e. The fourth-order valence-electron chi connectivity index (χ4n) is 2.24. The van der Waals surface area contributed by atoms with E-state index in [1.54, 1.807) is 25.1 Å². The van der Waals surface area contributed by atoms with Crippen LogP contribution in [0.25, 0.3) is 5.57 Å². The molecule has 0 aliphatic rings. The summed E-state index contributed by atoms with van der Waals surface area (Å²) in [6.07, 6.45) is 2.06. The third kappa shape index (κ3) is 4.65. The molecule has 0 aromatic heterocycles. The summed E-state index contributed by atoms with van der Waals surface area (Å²) in [6, 6.07) is 16.6. The molecule has 0 amide bonds. The first-order chi connectivity index (χ1) is 11.1. The van der Waals surface area contributed by atoms with Crippen LogP contribution in [0, 0.1) is 0 Å². The number of esters is 1. The standard InChI is InChI=1S/C20H20O3/c1-3-23-19(21)13-12-15(2)17-10-7-11-18(14-17)20(22)16-8-5-4-6-9-16/h4-12,14H,3,13H2,1-2H3/b15-12+. The van der Waals surface area contributed by atoms with Crippen LogP contribution in [0.5, 0.6) is 0 Å². The number of rotatable bonds is 6. The highest BCUT2D eigenvalue weighted by Gasteiger charge is 2.09. The maximum atomic E-state index is 12.5. The van der Waals surface area contributed by atoms with Gasteiger partial charge in [0.15, 0.2) is 5.78 Å². The van der Waals surface area contributed by atoms with Gasteiger partial charge in [0.2, 0.25) is 0 Å². The molecule has 2 rings (SSSR count). The fourth-order valence-corrected chi connectivity index (χ4v) is 2.24. The van der Waals surface area contributed by atoms with Gasteiger partial charge in [0.1, 0.15) is 0 Å². The largest absolute Gasteiger partial charge is 0.466 e. The second kappa shape index (κ2) is 8.08. The number of ketones is 1. The highest BCUT2D eigenvalue weighted by Crippen LogP contribution is 2.18. The van der Waals surface area contributed by atoms with Gasteiger partial charge in [0.05, 0.1) is 13.0 Å². The molecule has 0 aliphatic heterocycles. The van der Waals surface area contributed by atoms with E-state index in [-0.39, 0.29) is 18.2 Å². The van der Waals surface area contributed by atoms with Crippen molar-refractivity contribution < 1.29 is 14.3 Å². The Morgan fingerprint density at radius 1 is 0.957 bits per heavy atom. The molecule has 0 unspecified atom stereocenters. The van der Waals surface area contributed by atoms with E-state index >= 15 is 0 Å². The Hall–Kier alpha value is -2.68. The molecule has 0 saturated carbocycles. The summed E-state index contributed by atoms with van der Waals surface area (Å²) in [5, 5.41) is 0. The number of hydrogen-bond acceptors (Lipinski definition) is 3. The number of hydrogen-bond donors (Lipinski definition) is 0. The molecule has 0 spiro atoms. The number of benzene rings is 2. The molecule has 0 heterocycles. The van der Waals surface area contributed by atoms with Crippen LogP contribution >= 0.6 is 0 Å². The first-order valence-corrected chi connectivity index (χ1v) is 7.64. The minimum atomic E-state index is -0.247. The zero-order valence-electron chi connectivity index (χ0n) is 13.4. The molecule has 3 heteroatoms. The molecule has 2 aromatic rings. The van der Waals surface area contributed by atoms with Crippen LogP contribution in [0.1, 0.15) is 41.8 Å². The van der Waals surface area contributed by atoms with Gasteiger partial charge in [-0.15, -0.1) is 0 Å². The molecule has 0 aliphatic carbocycles. The van der Waals surface area contributed by atoms with Gasteiger partial charge in [-0.05, 0) is 31.1 Å². The summed E-state index contributed by atoms with van der Waals surface area (Å²) < 4.78 is 4.91. The fraction of sp³-hybridized carbons (Fsp3) is 0.200. The van der Waals surface area contributed by atoms with Crippen LogP contribution in [-0.2, 0) is 9.53 Å². The van der Waals surface area contributed by atoms with Crippen LogP contribution in [0.4, 0.5) is 0 Å². The van der Waals surface area contributed by atoms with E-state index < -0.39 is 0 Å². The molecule has 23 heavy (non-hydrogen) atoms. The van der Waals surface area contributed by atoms with E-state index in [0.29, 0.717) is 17.7 Å². The van der Waals surface area contributed by atoms with E-state index in [1.807, 2.05) is 49.4 Å². The molecule has 0 fully saturated rings. The highest BCUT2D eigenvalue weighted by atomic mass is 16.5. The lowest BCUT2D eigenvalue weighted by Crippen LogP contribution is -2.02. The lowest BCUT2D eigenvalue weighted by molar-refractivity contribution is -0.142. The monoisotopic (exact) mass is 308 g/mol. The van der Waals surface area contributed by atoms with Crippen LogP contribution in [0.2, 0.25) is 0 Å². The Labute approximate surface area is 136 Å². The summed E-state index contributed by atoms with van der Waals surface area (Å²) in [4.78, 5) is 23.9. The van der Waals surface area contributed by atoms with Gasteiger partial charge in [-0.25, -0.2) is 0 Å². The molecule has 0 saturated heterocycles. The van der Waals surface area contributed by atoms with Gasteiger partial charge in [-0.2, -0.15) is 0 Å².